The predicted octanol–water partition coefficient (Wildman–Crippen LogP) is 3.75. The molecule has 2 rings (SSSR count). The maximum atomic E-state index is 12.3. The maximum Gasteiger partial charge on any atom is 0.276 e. The molecule has 7 nitrogen and oxygen atoms in total. The molecule has 31 heavy (non-hydrogen) atoms. The first kappa shape index (κ1) is 24.1. The number of unbranched alkanes of at least 4 members (excludes halogenated alkanes) is 4. The van der Waals surface area contributed by atoms with Gasteiger partial charge in [0.15, 0.2) is 11.7 Å². The van der Waals surface area contributed by atoms with Crippen molar-refractivity contribution in [2.45, 2.75) is 39.0 Å². The van der Waals surface area contributed by atoms with E-state index in [1.807, 2.05) is 18.2 Å². The standard InChI is InChI=1S/C23H29N3O4S/c1-2-3-4-5-9-16-29-20-14-12-18(13-15-20)22(28)24-23(31)26-25-21(27)17-30-19-10-7-6-8-11-19/h6-8,10-15H,2-5,9,16-17H2,1H3,(H,25,27)(H2,24,26,28,31). The molecule has 0 unspecified atom stereocenters. The van der Waals surface area contributed by atoms with Crippen molar-refractivity contribution in [2.24, 2.45) is 0 Å². The molecule has 0 aliphatic heterocycles. The molecule has 166 valence electrons. The Kier molecular flexibility index (Phi) is 10.9. The SMILES string of the molecule is CCCCCCCOc1ccc(C(=O)NC(=S)NNC(=O)COc2ccccc2)cc1. The number of amides is 2. The minimum absolute atomic E-state index is 0.0227. The minimum Gasteiger partial charge on any atom is -0.494 e. The number of hydrazine groups is 1. The van der Waals surface area contributed by atoms with E-state index in [9.17, 15) is 9.59 Å². The first-order valence-corrected chi connectivity index (χ1v) is 10.8. The van der Waals surface area contributed by atoms with Crippen LogP contribution in [0.4, 0.5) is 0 Å². The zero-order valence-corrected chi connectivity index (χ0v) is 18.5. The van der Waals surface area contributed by atoms with Crippen molar-refractivity contribution in [3.05, 3.63) is 60.2 Å². The Balaban J connectivity index is 1.64. The van der Waals surface area contributed by atoms with E-state index >= 15 is 0 Å². The van der Waals surface area contributed by atoms with E-state index in [2.05, 4.69) is 23.1 Å². The van der Waals surface area contributed by atoms with Crippen LogP contribution < -0.4 is 25.6 Å². The summed E-state index contributed by atoms with van der Waals surface area (Å²) in [6.07, 6.45) is 5.88. The summed E-state index contributed by atoms with van der Waals surface area (Å²) in [6.45, 7) is 2.67. The van der Waals surface area contributed by atoms with Crippen molar-refractivity contribution < 1.29 is 19.1 Å². The largest absolute Gasteiger partial charge is 0.494 e. The van der Waals surface area contributed by atoms with Gasteiger partial charge in [0.2, 0.25) is 0 Å². The van der Waals surface area contributed by atoms with E-state index in [1.54, 1.807) is 36.4 Å². The number of para-hydroxylation sites is 1. The fraction of sp³-hybridized carbons (Fsp3) is 0.348. The third-order valence-electron chi connectivity index (χ3n) is 4.29. The van der Waals surface area contributed by atoms with Crippen molar-refractivity contribution in [3.63, 3.8) is 0 Å². The third kappa shape index (κ3) is 9.95. The van der Waals surface area contributed by atoms with Crippen LogP contribution in [0.2, 0.25) is 0 Å². The zero-order valence-electron chi connectivity index (χ0n) is 17.7. The number of nitrogens with one attached hydrogen (secondary N) is 3. The van der Waals surface area contributed by atoms with Crippen molar-refractivity contribution in [2.75, 3.05) is 13.2 Å². The number of carbonyl (C=O) groups excluding carboxylic acids is 2. The maximum absolute atomic E-state index is 12.3. The van der Waals surface area contributed by atoms with Gasteiger partial charge >= 0.3 is 0 Å². The van der Waals surface area contributed by atoms with Crippen LogP contribution in [0.5, 0.6) is 11.5 Å². The second-order valence-corrected chi connectivity index (χ2v) is 7.25. The molecule has 0 atom stereocenters. The highest BCUT2D eigenvalue weighted by Gasteiger charge is 2.09. The van der Waals surface area contributed by atoms with Gasteiger partial charge in [0.1, 0.15) is 11.5 Å². The van der Waals surface area contributed by atoms with Gasteiger partial charge in [0.05, 0.1) is 6.61 Å². The number of hydrogen-bond acceptors (Lipinski definition) is 5. The molecule has 0 aliphatic carbocycles. The predicted molar refractivity (Wildman–Crippen MR) is 124 cm³/mol. The highest BCUT2D eigenvalue weighted by Crippen LogP contribution is 2.13. The summed E-state index contributed by atoms with van der Waals surface area (Å²) in [5, 5.41) is 2.48. The number of ether oxygens (including phenoxy) is 2. The molecule has 0 heterocycles. The fourth-order valence-corrected chi connectivity index (χ4v) is 2.78. The van der Waals surface area contributed by atoms with E-state index in [0.717, 1.165) is 18.6 Å². The molecule has 8 heteroatoms. The van der Waals surface area contributed by atoms with E-state index in [1.165, 1.54) is 19.3 Å². The Morgan fingerprint density at radius 3 is 2.23 bits per heavy atom. The normalized spacial score (nSPS) is 10.1. The number of carbonyl (C=O) groups is 2. The molecule has 3 N–H and O–H groups in total. The van der Waals surface area contributed by atoms with Crippen LogP contribution in [0, 0.1) is 0 Å². The summed E-state index contributed by atoms with van der Waals surface area (Å²) in [4.78, 5) is 24.1. The summed E-state index contributed by atoms with van der Waals surface area (Å²) >= 11 is 5.03. The van der Waals surface area contributed by atoms with Gasteiger partial charge in [-0.25, -0.2) is 0 Å². The summed E-state index contributed by atoms with van der Waals surface area (Å²) in [5.41, 5.74) is 5.27. The van der Waals surface area contributed by atoms with E-state index in [0.29, 0.717) is 17.9 Å². The molecular formula is C23H29N3O4S. The van der Waals surface area contributed by atoms with Gasteiger partial charge in [0.25, 0.3) is 11.8 Å². The van der Waals surface area contributed by atoms with Gasteiger partial charge in [-0.1, -0.05) is 50.8 Å². The van der Waals surface area contributed by atoms with Crippen LogP contribution in [-0.4, -0.2) is 30.1 Å². The highest BCUT2D eigenvalue weighted by atomic mass is 32.1. The average molecular weight is 444 g/mol. The van der Waals surface area contributed by atoms with Crippen LogP contribution >= 0.6 is 12.2 Å². The third-order valence-corrected chi connectivity index (χ3v) is 4.49. The van der Waals surface area contributed by atoms with Gasteiger partial charge in [-0.3, -0.25) is 25.8 Å². The zero-order chi connectivity index (χ0) is 22.3. The lowest BCUT2D eigenvalue weighted by Crippen LogP contribution is -2.49. The van der Waals surface area contributed by atoms with Crippen LogP contribution in [0.1, 0.15) is 49.4 Å². The Labute approximate surface area is 188 Å². The molecule has 0 spiro atoms. The molecule has 0 aliphatic rings. The Morgan fingerprint density at radius 2 is 1.52 bits per heavy atom. The van der Waals surface area contributed by atoms with Crippen LogP contribution in [0.15, 0.2) is 54.6 Å². The van der Waals surface area contributed by atoms with Crippen LogP contribution in [0.3, 0.4) is 0 Å². The van der Waals surface area contributed by atoms with Crippen molar-refractivity contribution in [1.29, 1.82) is 0 Å². The Morgan fingerprint density at radius 1 is 0.839 bits per heavy atom. The Hall–Kier alpha value is -3.13. The molecule has 0 aromatic heterocycles. The topological polar surface area (TPSA) is 88.7 Å². The lowest BCUT2D eigenvalue weighted by atomic mass is 10.2. The minimum atomic E-state index is -0.434. The molecular weight excluding hydrogens is 414 g/mol. The van der Waals surface area contributed by atoms with E-state index in [-0.39, 0.29) is 11.7 Å². The van der Waals surface area contributed by atoms with Crippen molar-refractivity contribution in [1.82, 2.24) is 16.2 Å². The van der Waals surface area contributed by atoms with Gasteiger partial charge in [0, 0.05) is 5.56 Å². The van der Waals surface area contributed by atoms with Crippen molar-refractivity contribution in [3.8, 4) is 11.5 Å². The molecule has 2 amide bonds. The monoisotopic (exact) mass is 443 g/mol. The van der Waals surface area contributed by atoms with Gasteiger partial charge in [-0.2, -0.15) is 0 Å². The average Bonchev–Trinajstić information content (AvgIpc) is 2.79. The molecule has 2 aromatic carbocycles. The number of benzene rings is 2. The molecule has 2 aromatic rings. The summed E-state index contributed by atoms with van der Waals surface area (Å²) in [6, 6.07) is 15.8. The molecule has 0 radical (unpaired) electrons. The number of hydrogen-bond donors (Lipinski definition) is 3. The Bertz CT molecular complexity index is 828. The molecule has 0 bridgehead atoms. The highest BCUT2D eigenvalue weighted by molar-refractivity contribution is 7.80. The fourth-order valence-electron chi connectivity index (χ4n) is 2.63. The summed E-state index contributed by atoms with van der Waals surface area (Å²) in [7, 11) is 0. The van der Waals surface area contributed by atoms with Gasteiger partial charge in [-0.05, 0) is 55.0 Å². The molecule has 0 fully saturated rings. The number of thiocarbonyl (C=S) groups is 1. The lowest BCUT2D eigenvalue weighted by Gasteiger charge is -2.12. The summed E-state index contributed by atoms with van der Waals surface area (Å²) < 4.78 is 11.0. The second kappa shape index (κ2) is 14.0. The quantitative estimate of drug-likeness (QED) is 0.278. The van der Waals surface area contributed by atoms with E-state index in [4.69, 9.17) is 21.7 Å². The van der Waals surface area contributed by atoms with Gasteiger partial charge < -0.3 is 9.47 Å². The van der Waals surface area contributed by atoms with E-state index < -0.39 is 11.8 Å². The second-order valence-electron chi connectivity index (χ2n) is 6.85. The molecule has 0 saturated carbocycles. The number of rotatable bonds is 11. The first-order chi connectivity index (χ1) is 15.1. The summed E-state index contributed by atoms with van der Waals surface area (Å²) in [5.74, 6) is 0.478. The first-order valence-electron chi connectivity index (χ1n) is 10.4. The smallest absolute Gasteiger partial charge is 0.276 e. The molecule has 0 saturated heterocycles. The lowest BCUT2D eigenvalue weighted by molar-refractivity contribution is -0.123. The van der Waals surface area contributed by atoms with Gasteiger partial charge in [-0.15, -0.1) is 0 Å². The van der Waals surface area contributed by atoms with Crippen LogP contribution in [0.25, 0.3) is 0 Å². The van der Waals surface area contributed by atoms with Crippen LogP contribution in [-0.2, 0) is 4.79 Å². The van der Waals surface area contributed by atoms with Crippen molar-refractivity contribution >= 4 is 29.1 Å².